The van der Waals surface area contributed by atoms with Gasteiger partial charge < -0.3 is 24.8 Å². The Morgan fingerprint density at radius 2 is 1.72 bits per heavy atom. The zero-order valence-electron chi connectivity index (χ0n) is 22.3. The van der Waals surface area contributed by atoms with E-state index < -0.39 is 63.9 Å². The highest BCUT2D eigenvalue weighted by atomic mass is 16.6. The van der Waals surface area contributed by atoms with E-state index in [1.54, 1.807) is 46.8 Å². The molecular weight excluding hydrogens is 464 g/mol. The lowest BCUT2D eigenvalue weighted by Crippen LogP contribution is -2.65. The minimum absolute atomic E-state index is 0.142. The van der Waals surface area contributed by atoms with Gasteiger partial charge in [0, 0.05) is 29.7 Å². The molecular formula is C28H38O8. The average molecular weight is 503 g/mol. The van der Waals surface area contributed by atoms with Crippen LogP contribution < -0.4 is 0 Å². The van der Waals surface area contributed by atoms with Crippen molar-refractivity contribution >= 4 is 17.7 Å². The molecule has 2 saturated carbocycles. The highest BCUT2D eigenvalue weighted by molar-refractivity contribution is 5.96. The Morgan fingerprint density at radius 1 is 1.11 bits per heavy atom. The van der Waals surface area contributed by atoms with Crippen LogP contribution in [-0.4, -0.2) is 63.1 Å². The molecule has 2 unspecified atom stereocenters. The van der Waals surface area contributed by atoms with E-state index in [0.29, 0.717) is 11.1 Å². The van der Waals surface area contributed by atoms with Crippen molar-refractivity contribution < 1.29 is 39.2 Å². The molecule has 4 aliphatic rings. The number of hydrogen-bond acceptors (Lipinski definition) is 8. The number of ether oxygens (including phenoxy) is 2. The third-order valence-corrected chi connectivity index (χ3v) is 9.62. The number of esters is 2. The van der Waals surface area contributed by atoms with Gasteiger partial charge in [-0.25, -0.2) is 4.79 Å². The summed E-state index contributed by atoms with van der Waals surface area (Å²) in [6.07, 6.45) is 0.275. The lowest BCUT2D eigenvalue weighted by atomic mass is 9.59. The molecule has 0 radical (unpaired) electrons. The van der Waals surface area contributed by atoms with E-state index in [0.717, 1.165) is 5.57 Å². The molecule has 36 heavy (non-hydrogen) atoms. The fraction of sp³-hybridized carbons (Fsp3) is 0.679. The van der Waals surface area contributed by atoms with Crippen LogP contribution in [-0.2, 0) is 23.9 Å². The topological polar surface area (TPSA) is 130 Å². The number of ketones is 1. The van der Waals surface area contributed by atoms with Crippen molar-refractivity contribution in [3.8, 4) is 0 Å². The van der Waals surface area contributed by atoms with Crippen molar-refractivity contribution in [3.63, 3.8) is 0 Å². The third-order valence-electron chi connectivity index (χ3n) is 9.62. The molecule has 8 atom stereocenters. The van der Waals surface area contributed by atoms with Crippen LogP contribution in [0.2, 0.25) is 0 Å². The number of Topliss-reactive ketones (excluding diaryl/α,β-unsaturated/α-hetero) is 1. The number of aliphatic hydroxyl groups is 3. The Balaban J connectivity index is 1.89. The maximum atomic E-state index is 14.4. The smallest absolute Gasteiger partial charge is 0.333 e. The number of carbonyl (C=O) groups excluding carboxylic acids is 3. The Morgan fingerprint density at radius 3 is 2.28 bits per heavy atom. The van der Waals surface area contributed by atoms with E-state index in [4.69, 9.17) is 9.47 Å². The molecule has 3 N–H and O–H groups in total. The van der Waals surface area contributed by atoms with Crippen LogP contribution in [0.4, 0.5) is 0 Å². The predicted molar refractivity (Wildman–Crippen MR) is 130 cm³/mol. The molecule has 0 heterocycles. The number of allylic oxidation sites excluding steroid dienone is 2. The molecule has 4 aliphatic carbocycles. The Hall–Kier alpha value is -2.29. The molecule has 2 bridgehead atoms. The van der Waals surface area contributed by atoms with E-state index in [1.807, 2.05) is 13.8 Å². The Kier molecular flexibility index (Phi) is 6.02. The largest absolute Gasteiger partial charge is 0.458 e. The standard InChI is InChI=1S/C28H38O8/c1-13(2)16(5)24(33)35-12-18-9-19-20-25(7,8)27(20,36-17(6)29)11-15(4)26(23(19)32)10-14(3)21(30)28(26,34)22(18)31/h9-10,15,19-22,30-31,34H,11-12H2,1-8H3/t15?,19-,20+,21-,22+,26?,27-,28+/m0/s1. The molecule has 0 amide bonds. The van der Waals surface area contributed by atoms with Crippen LogP contribution in [0.25, 0.3) is 0 Å². The zero-order chi connectivity index (χ0) is 27.2. The van der Waals surface area contributed by atoms with E-state index in [9.17, 15) is 29.7 Å². The summed E-state index contributed by atoms with van der Waals surface area (Å²) in [4.78, 5) is 39.1. The second-order valence-electron chi connectivity index (χ2n) is 12.0. The lowest BCUT2D eigenvalue weighted by molar-refractivity contribution is -0.192. The second-order valence-corrected chi connectivity index (χ2v) is 12.0. The molecule has 8 nitrogen and oxygen atoms in total. The fourth-order valence-corrected chi connectivity index (χ4v) is 7.44. The first kappa shape index (κ1) is 26.8. The van der Waals surface area contributed by atoms with Crippen LogP contribution in [0.15, 0.2) is 34.4 Å². The molecule has 0 aromatic rings. The van der Waals surface area contributed by atoms with E-state index in [2.05, 4.69) is 0 Å². The van der Waals surface area contributed by atoms with Crippen LogP contribution in [0.3, 0.4) is 0 Å². The summed E-state index contributed by atoms with van der Waals surface area (Å²) in [5.74, 6) is -3.18. The molecule has 0 saturated heterocycles. The second kappa shape index (κ2) is 8.10. The summed E-state index contributed by atoms with van der Waals surface area (Å²) in [5.41, 5.74) is -3.66. The molecule has 0 aromatic carbocycles. The van der Waals surface area contributed by atoms with Gasteiger partial charge in [0.2, 0.25) is 0 Å². The van der Waals surface area contributed by atoms with Crippen molar-refractivity contribution in [2.75, 3.05) is 6.61 Å². The molecule has 198 valence electrons. The first-order valence-electron chi connectivity index (χ1n) is 12.5. The number of fused-ring (bicyclic) bond motifs is 3. The highest BCUT2D eigenvalue weighted by Gasteiger charge is 2.83. The van der Waals surface area contributed by atoms with Gasteiger partial charge in [-0.1, -0.05) is 38.5 Å². The number of aliphatic hydroxyl groups excluding tert-OH is 2. The SMILES string of the molecule is CC(=O)O[C@@]12CC(C)C34C=C(C)[C@H](O)[C@@]3(O)[C@H](O)C(COC(=O)C(C)=C(C)C)=C[C@H](C4=O)[C@@H]1C2(C)C. The van der Waals surface area contributed by atoms with E-state index in [1.165, 1.54) is 6.92 Å². The van der Waals surface area contributed by atoms with Gasteiger partial charge >= 0.3 is 11.9 Å². The monoisotopic (exact) mass is 502 g/mol. The van der Waals surface area contributed by atoms with Crippen LogP contribution in [0.1, 0.15) is 61.8 Å². The molecule has 4 rings (SSSR count). The summed E-state index contributed by atoms with van der Waals surface area (Å²) >= 11 is 0. The Bertz CT molecular complexity index is 1120. The van der Waals surface area contributed by atoms with E-state index in [-0.39, 0.29) is 24.4 Å². The van der Waals surface area contributed by atoms with Gasteiger partial charge in [-0.2, -0.15) is 0 Å². The number of carbonyl (C=O) groups is 3. The average Bonchev–Trinajstić information content (AvgIpc) is 3.19. The molecule has 8 heteroatoms. The fourth-order valence-electron chi connectivity index (χ4n) is 7.44. The first-order chi connectivity index (χ1) is 16.5. The van der Waals surface area contributed by atoms with Crippen molar-refractivity contribution in [2.45, 2.75) is 85.2 Å². The zero-order valence-corrected chi connectivity index (χ0v) is 22.3. The first-order valence-corrected chi connectivity index (χ1v) is 12.5. The van der Waals surface area contributed by atoms with Crippen LogP contribution in [0.5, 0.6) is 0 Å². The summed E-state index contributed by atoms with van der Waals surface area (Å²) in [7, 11) is 0. The molecule has 1 spiro atoms. The maximum absolute atomic E-state index is 14.4. The van der Waals surface area contributed by atoms with Crippen LogP contribution >= 0.6 is 0 Å². The maximum Gasteiger partial charge on any atom is 0.333 e. The Labute approximate surface area is 212 Å². The van der Waals surface area contributed by atoms with E-state index >= 15 is 0 Å². The van der Waals surface area contributed by atoms with Crippen molar-refractivity contribution in [3.05, 3.63) is 34.4 Å². The number of rotatable bonds is 4. The third kappa shape index (κ3) is 3.13. The lowest BCUT2D eigenvalue weighted by Gasteiger charge is -2.48. The highest BCUT2D eigenvalue weighted by Crippen LogP contribution is 2.75. The van der Waals surface area contributed by atoms with Crippen LogP contribution in [0, 0.1) is 28.6 Å². The summed E-state index contributed by atoms with van der Waals surface area (Å²) in [6.45, 7) is 13.5. The molecule has 0 aromatic heterocycles. The van der Waals surface area contributed by atoms with Gasteiger partial charge in [0.1, 0.15) is 30.0 Å². The predicted octanol–water partition coefficient (Wildman–Crippen LogP) is 2.41. The minimum Gasteiger partial charge on any atom is -0.458 e. The van der Waals surface area contributed by atoms with Crippen molar-refractivity contribution in [1.29, 1.82) is 0 Å². The quantitative estimate of drug-likeness (QED) is 0.304. The van der Waals surface area contributed by atoms with Crippen molar-refractivity contribution in [1.82, 2.24) is 0 Å². The summed E-state index contributed by atoms with van der Waals surface area (Å²) in [5, 5.41) is 34.9. The minimum atomic E-state index is -2.27. The van der Waals surface area contributed by atoms with Gasteiger partial charge in [-0.3, -0.25) is 9.59 Å². The summed E-state index contributed by atoms with van der Waals surface area (Å²) < 4.78 is 11.4. The number of hydrogen-bond donors (Lipinski definition) is 3. The molecule has 2 fully saturated rings. The van der Waals surface area contributed by atoms with Gasteiger partial charge in [-0.15, -0.1) is 0 Å². The van der Waals surface area contributed by atoms with Gasteiger partial charge in [0.05, 0.1) is 5.41 Å². The normalized spacial score (nSPS) is 42.1. The molecule has 0 aliphatic heterocycles. The van der Waals surface area contributed by atoms with Gasteiger partial charge in [0.25, 0.3) is 0 Å². The van der Waals surface area contributed by atoms with Crippen molar-refractivity contribution in [2.24, 2.45) is 28.6 Å². The van der Waals surface area contributed by atoms with Gasteiger partial charge in [-0.05, 0) is 51.2 Å². The van der Waals surface area contributed by atoms with Gasteiger partial charge in [0.15, 0.2) is 5.78 Å². The summed E-state index contributed by atoms with van der Waals surface area (Å²) in [6, 6.07) is 0.